The number of nitrogens with zero attached hydrogens (tertiary/aromatic N) is 1. The SMILES string of the molecule is COC(C)=C(C)N1CCNCC1. The molecular formula is C9H18N2O. The van der Waals surface area contributed by atoms with Crippen molar-refractivity contribution < 1.29 is 4.74 Å². The van der Waals surface area contributed by atoms with E-state index < -0.39 is 0 Å². The lowest BCUT2D eigenvalue weighted by Gasteiger charge is -2.30. The highest BCUT2D eigenvalue weighted by Gasteiger charge is 2.11. The van der Waals surface area contributed by atoms with Crippen molar-refractivity contribution in [3.8, 4) is 0 Å². The molecule has 70 valence electrons. The van der Waals surface area contributed by atoms with E-state index in [1.165, 1.54) is 5.70 Å². The second-order valence-corrected chi connectivity index (χ2v) is 3.08. The topological polar surface area (TPSA) is 24.5 Å². The van der Waals surface area contributed by atoms with Crippen LogP contribution in [0.5, 0.6) is 0 Å². The summed E-state index contributed by atoms with van der Waals surface area (Å²) in [6, 6.07) is 0. The first-order chi connectivity index (χ1) is 5.75. The van der Waals surface area contributed by atoms with Crippen LogP contribution in [0, 0.1) is 0 Å². The van der Waals surface area contributed by atoms with E-state index in [0.29, 0.717) is 0 Å². The fourth-order valence-corrected chi connectivity index (χ4v) is 1.37. The van der Waals surface area contributed by atoms with Gasteiger partial charge in [0.25, 0.3) is 0 Å². The van der Waals surface area contributed by atoms with Crippen LogP contribution >= 0.6 is 0 Å². The van der Waals surface area contributed by atoms with Gasteiger partial charge in [-0.3, -0.25) is 0 Å². The van der Waals surface area contributed by atoms with Gasteiger partial charge in [0.05, 0.1) is 7.11 Å². The number of hydrogen-bond acceptors (Lipinski definition) is 3. The zero-order valence-corrected chi connectivity index (χ0v) is 8.18. The van der Waals surface area contributed by atoms with Crippen molar-refractivity contribution in [3.05, 3.63) is 11.5 Å². The maximum atomic E-state index is 5.18. The fraction of sp³-hybridized carbons (Fsp3) is 0.778. The predicted octanol–water partition coefficient (Wildman–Crippen LogP) is 0.789. The molecule has 1 fully saturated rings. The number of ether oxygens (including phenoxy) is 1. The van der Waals surface area contributed by atoms with E-state index in [4.69, 9.17) is 4.74 Å². The summed E-state index contributed by atoms with van der Waals surface area (Å²) in [5, 5.41) is 3.32. The van der Waals surface area contributed by atoms with Gasteiger partial charge in [0.2, 0.25) is 0 Å². The van der Waals surface area contributed by atoms with E-state index in [9.17, 15) is 0 Å². The molecule has 0 saturated carbocycles. The Morgan fingerprint density at radius 1 is 1.25 bits per heavy atom. The predicted molar refractivity (Wildman–Crippen MR) is 49.8 cm³/mol. The summed E-state index contributed by atoms with van der Waals surface area (Å²) in [6.45, 7) is 8.46. The fourth-order valence-electron chi connectivity index (χ4n) is 1.37. The first kappa shape index (κ1) is 9.39. The molecule has 1 saturated heterocycles. The highest BCUT2D eigenvalue weighted by Crippen LogP contribution is 2.10. The Labute approximate surface area is 74.4 Å². The lowest BCUT2D eigenvalue weighted by atomic mass is 10.3. The summed E-state index contributed by atoms with van der Waals surface area (Å²) in [4.78, 5) is 2.36. The van der Waals surface area contributed by atoms with Crippen molar-refractivity contribution in [2.45, 2.75) is 13.8 Å². The number of rotatable bonds is 2. The Morgan fingerprint density at radius 2 is 1.83 bits per heavy atom. The number of nitrogens with one attached hydrogen (secondary N) is 1. The van der Waals surface area contributed by atoms with E-state index in [0.717, 1.165) is 31.9 Å². The van der Waals surface area contributed by atoms with Crippen LogP contribution in [0.1, 0.15) is 13.8 Å². The largest absolute Gasteiger partial charge is 0.500 e. The van der Waals surface area contributed by atoms with Gasteiger partial charge in [0, 0.05) is 31.9 Å². The van der Waals surface area contributed by atoms with Crippen molar-refractivity contribution >= 4 is 0 Å². The molecule has 0 radical (unpaired) electrons. The van der Waals surface area contributed by atoms with Crippen molar-refractivity contribution in [1.82, 2.24) is 10.2 Å². The molecule has 0 aromatic heterocycles. The summed E-state index contributed by atoms with van der Waals surface area (Å²) in [5.41, 5.74) is 1.26. The van der Waals surface area contributed by atoms with E-state index in [-0.39, 0.29) is 0 Å². The normalized spacial score (nSPS) is 20.4. The zero-order valence-electron chi connectivity index (χ0n) is 8.18. The van der Waals surface area contributed by atoms with Crippen LogP contribution in [-0.4, -0.2) is 38.2 Å². The first-order valence-corrected chi connectivity index (χ1v) is 4.43. The molecule has 3 heteroatoms. The molecule has 12 heavy (non-hydrogen) atoms. The molecule has 1 rings (SSSR count). The molecule has 0 aliphatic carbocycles. The Kier molecular flexibility index (Phi) is 3.41. The molecule has 0 aromatic rings. The van der Waals surface area contributed by atoms with Gasteiger partial charge in [-0.15, -0.1) is 0 Å². The number of hydrogen-bond donors (Lipinski definition) is 1. The third-order valence-corrected chi connectivity index (χ3v) is 2.41. The monoisotopic (exact) mass is 170 g/mol. The molecule has 0 spiro atoms. The minimum atomic E-state index is 1.02. The minimum absolute atomic E-state index is 1.02. The van der Waals surface area contributed by atoms with Crippen LogP contribution in [-0.2, 0) is 4.74 Å². The maximum absolute atomic E-state index is 5.18. The van der Waals surface area contributed by atoms with Gasteiger partial charge in [-0.2, -0.15) is 0 Å². The average Bonchev–Trinajstić information content (AvgIpc) is 2.17. The summed E-state index contributed by atoms with van der Waals surface area (Å²) in [5.74, 6) is 1.02. The Bertz CT molecular complexity index is 171. The van der Waals surface area contributed by atoms with Gasteiger partial charge in [-0.05, 0) is 13.8 Å². The highest BCUT2D eigenvalue weighted by molar-refractivity contribution is 5.03. The Hall–Kier alpha value is -0.700. The third kappa shape index (κ3) is 2.14. The summed E-state index contributed by atoms with van der Waals surface area (Å²) < 4.78 is 5.18. The quantitative estimate of drug-likeness (QED) is 0.620. The molecule has 3 nitrogen and oxygen atoms in total. The second kappa shape index (κ2) is 4.36. The van der Waals surface area contributed by atoms with Crippen LogP contribution in [0.2, 0.25) is 0 Å². The van der Waals surface area contributed by atoms with E-state index in [1.807, 2.05) is 6.92 Å². The molecule has 1 aliphatic heterocycles. The molecule has 0 unspecified atom stereocenters. The van der Waals surface area contributed by atoms with Gasteiger partial charge in [-0.25, -0.2) is 0 Å². The van der Waals surface area contributed by atoms with Crippen LogP contribution in [0.3, 0.4) is 0 Å². The van der Waals surface area contributed by atoms with Crippen LogP contribution < -0.4 is 5.32 Å². The Balaban J connectivity index is 2.55. The van der Waals surface area contributed by atoms with Crippen molar-refractivity contribution in [3.63, 3.8) is 0 Å². The van der Waals surface area contributed by atoms with Crippen LogP contribution in [0.4, 0.5) is 0 Å². The molecule has 0 amide bonds. The minimum Gasteiger partial charge on any atom is -0.500 e. The van der Waals surface area contributed by atoms with E-state index in [1.54, 1.807) is 7.11 Å². The summed E-state index contributed by atoms with van der Waals surface area (Å²) in [6.07, 6.45) is 0. The van der Waals surface area contributed by atoms with Gasteiger partial charge in [0.1, 0.15) is 5.76 Å². The van der Waals surface area contributed by atoms with E-state index >= 15 is 0 Å². The smallest absolute Gasteiger partial charge is 0.111 e. The standard InChI is InChI=1S/C9H18N2O/c1-8(9(2)12-3)11-6-4-10-5-7-11/h10H,4-7H2,1-3H3. The second-order valence-electron chi connectivity index (χ2n) is 3.08. The number of methoxy groups -OCH3 is 1. The first-order valence-electron chi connectivity index (χ1n) is 4.43. The summed E-state index contributed by atoms with van der Waals surface area (Å²) in [7, 11) is 1.72. The molecule has 1 N–H and O–H groups in total. The van der Waals surface area contributed by atoms with Crippen molar-refractivity contribution in [2.24, 2.45) is 0 Å². The van der Waals surface area contributed by atoms with Gasteiger partial charge < -0.3 is 15.0 Å². The van der Waals surface area contributed by atoms with E-state index in [2.05, 4.69) is 17.1 Å². The Morgan fingerprint density at radius 3 is 2.33 bits per heavy atom. The third-order valence-electron chi connectivity index (χ3n) is 2.41. The number of piperazine rings is 1. The van der Waals surface area contributed by atoms with Crippen LogP contribution in [0.15, 0.2) is 11.5 Å². The van der Waals surface area contributed by atoms with Crippen molar-refractivity contribution in [1.29, 1.82) is 0 Å². The van der Waals surface area contributed by atoms with Gasteiger partial charge in [-0.1, -0.05) is 0 Å². The van der Waals surface area contributed by atoms with Crippen LogP contribution in [0.25, 0.3) is 0 Å². The molecule has 0 bridgehead atoms. The molecule has 0 aromatic carbocycles. The number of allylic oxidation sites excluding steroid dienone is 2. The van der Waals surface area contributed by atoms with Gasteiger partial charge >= 0.3 is 0 Å². The lowest BCUT2D eigenvalue weighted by Crippen LogP contribution is -2.42. The zero-order chi connectivity index (χ0) is 8.97. The molecule has 1 heterocycles. The average molecular weight is 170 g/mol. The lowest BCUT2D eigenvalue weighted by molar-refractivity contribution is 0.242. The van der Waals surface area contributed by atoms with Crippen molar-refractivity contribution in [2.75, 3.05) is 33.3 Å². The maximum Gasteiger partial charge on any atom is 0.111 e. The molecule has 0 atom stereocenters. The molecule has 1 aliphatic rings. The summed E-state index contributed by atoms with van der Waals surface area (Å²) >= 11 is 0. The highest BCUT2D eigenvalue weighted by atomic mass is 16.5. The molecular weight excluding hydrogens is 152 g/mol. The van der Waals surface area contributed by atoms with Gasteiger partial charge in [0.15, 0.2) is 0 Å².